The molecule has 0 saturated carbocycles. The number of halogens is 2. The van der Waals surface area contributed by atoms with Crippen LogP contribution in [0, 0.1) is 3.57 Å². The highest BCUT2D eigenvalue weighted by molar-refractivity contribution is 14.1. The Kier molecular flexibility index (Phi) is 2.88. The van der Waals surface area contributed by atoms with Crippen molar-refractivity contribution in [3.63, 3.8) is 0 Å². The summed E-state index contributed by atoms with van der Waals surface area (Å²) in [5.74, 6) is -0.369. The number of nitrogens with one attached hydrogen (secondary N) is 1. The van der Waals surface area contributed by atoms with Crippen molar-refractivity contribution in [2.45, 2.75) is 0 Å². The molecule has 0 saturated heterocycles. The van der Waals surface area contributed by atoms with Gasteiger partial charge < -0.3 is 9.72 Å². The van der Waals surface area contributed by atoms with Crippen molar-refractivity contribution in [3.05, 3.63) is 32.5 Å². The first kappa shape index (κ1) is 10.8. The van der Waals surface area contributed by atoms with Crippen molar-refractivity contribution in [2.24, 2.45) is 0 Å². The summed E-state index contributed by atoms with van der Waals surface area (Å²) in [5, 5.41) is 1.58. The van der Waals surface area contributed by atoms with Crippen molar-refractivity contribution >= 4 is 51.1 Å². The van der Waals surface area contributed by atoms with Crippen molar-refractivity contribution in [3.8, 4) is 0 Å². The van der Waals surface area contributed by atoms with Crippen LogP contribution in [0.4, 0.5) is 0 Å². The molecule has 0 atom stereocenters. The highest BCUT2D eigenvalue weighted by atomic mass is 127. The van der Waals surface area contributed by atoms with Gasteiger partial charge in [0.2, 0.25) is 0 Å². The molecule has 0 aliphatic carbocycles. The molecule has 1 aromatic heterocycles. The van der Waals surface area contributed by atoms with E-state index >= 15 is 0 Å². The number of carbonyl (C=O) groups is 1. The monoisotopic (exact) mass is 335 g/mol. The van der Waals surface area contributed by atoms with Crippen LogP contribution >= 0.6 is 34.2 Å². The fraction of sp³-hybridized carbons (Fsp3) is 0.100. The third kappa shape index (κ3) is 1.83. The Morgan fingerprint density at radius 3 is 2.93 bits per heavy atom. The standard InChI is InChI=1S/C10H7ClINO2/c1-15-10(14)9-8(12)6-4-5(11)2-3-7(6)13-9/h2-4,13H,1H3. The lowest BCUT2D eigenvalue weighted by Crippen LogP contribution is -2.02. The van der Waals surface area contributed by atoms with Crippen LogP contribution in [0.15, 0.2) is 18.2 Å². The van der Waals surface area contributed by atoms with Gasteiger partial charge >= 0.3 is 5.97 Å². The summed E-state index contributed by atoms with van der Waals surface area (Å²) in [6.45, 7) is 0. The maximum Gasteiger partial charge on any atom is 0.355 e. The lowest BCUT2D eigenvalue weighted by atomic mass is 10.2. The van der Waals surface area contributed by atoms with Gasteiger partial charge in [-0.2, -0.15) is 0 Å². The molecule has 0 aliphatic heterocycles. The Balaban J connectivity index is 2.69. The van der Waals surface area contributed by atoms with Crippen LogP contribution in [0.3, 0.4) is 0 Å². The number of aromatic nitrogens is 1. The molecule has 0 amide bonds. The third-order valence-corrected chi connectivity index (χ3v) is 3.44. The van der Waals surface area contributed by atoms with E-state index in [9.17, 15) is 4.79 Å². The Morgan fingerprint density at radius 2 is 2.27 bits per heavy atom. The Hall–Kier alpha value is -0.750. The highest BCUT2D eigenvalue weighted by Crippen LogP contribution is 2.27. The van der Waals surface area contributed by atoms with Crippen LogP contribution in [0.25, 0.3) is 10.9 Å². The van der Waals surface area contributed by atoms with Crippen LogP contribution in [0.1, 0.15) is 10.5 Å². The van der Waals surface area contributed by atoms with Crippen molar-refractivity contribution in [1.29, 1.82) is 0 Å². The van der Waals surface area contributed by atoms with Gasteiger partial charge in [0.25, 0.3) is 0 Å². The molecule has 15 heavy (non-hydrogen) atoms. The highest BCUT2D eigenvalue weighted by Gasteiger charge is 2.16. The number of fused-ring (bicyclic) bond motifs is 1. The zero-order valence-electron chi connectivity index (χ0n) is 7.80. The summed E-state index contributed by atoms with van der Waals surface area (Å²) in [5.41, 5.74) is 1.35. The van der Waals surface area contributed by atoms with E-state index in [0.717, 1.165) is 14.5 Å². The van der Waals surface area contributed by atoms with E-state index in [4.69, 9.17) is 11.6 Å². The molecular formula is C10H7ClINO2. The van der Waals surface area contributed by atoms with E-state index in [1.54, 1.807) is 6.07 Å². The molecule has 5 heteroatoms. The molecule has 78 valence electrons. The first-order valence-electron chi connectivity index (χ1n) is 4.18. The molecule has 1 heterocycles. The predicted octanol–water partition coefficient (Wildman–Crippen LogP) is 3.21. The third-order valence-electron chi connectivity index (χ3n) is 2.09. The lowest BCUT2D eigenvalue weighted by Gasteiger charge is -1.94. The molecule has 0 aliphatic rings. The Bertz CT molecular complexity index is 535. The molecule has 0 fully saturated rings. The van der Waals surface area contributed by atoms with Gasteiger partial charge in [0.1, 0.15) is 5.69 Å². The van der Waals surface area contributed by atoms with E-state index in [0.29, 0.717) is 10.7 Å². The second-order valence-electron chi connectivity index (χ2n) is 3.00. The van der Waals surface area contributed by atoms with Gasteiger partial charge in [0.15, 0.2) is 0 Å². The molecule has 2 rings (SSSR count). The minimum absolute atomic E-state index is 0.369. The number of hydrogen-bond donors (Lipinski definition) is 1. The SMILES string of the molecule is COC(=O)c1[nH]c2ccc(Cl)cc2c1I. The lowest BCUT2D eigenvalue weighted by molar-refractivity contribution is 0.0594. The smallest absolute Gasteiger partial charge is 0.355 e. The average molecular weight is 336 g/mol. The number of ether oxygens (including phenoxy) is 1. The number of aromatic amines is 1. The first-order chi connectivity index (χ1) is 7.13. The summed E-state index contributed by atoms with van der Waals surface area (Å²) in [6.07, 6.45) is 0. The summed E-state index contributed by atoms with van der Waals surface area (Å²) < 4.78 is 5.50. The van der Waals surface area contributed by atoms with Crippen LogP contribution in [0.5, 0.6) is 0 Å². The minimum Gasteiger partial charge on any atom is -0.464 e. The number of rotatable bonds is 1. The Morgan fingerprint density at radius 1 is 1.53 bits per heavy atom. The van der Waals surface area contributed by atoms with E-state index < -0.39 is 0 Å². The molecule has 1 N–H and O–H groups in total. The molecular weight excluding hydrogens is 328 g/mol. The fourth-order valence-corrected chi connectivity index (χ4v) is 2.35. The van der Waals surface area contributed by atoms with Gasteiger partial charge in [-0.1, -0.05) is 11.6 Å². The zero-order valence-corrected chi connectivity index (χ0v) is 10.7. The molecule has 0 spiro atoms. The van der Waals surface area contributed by atoms with Gasteiger partial charge in [0, 0.05) is 15.9 Å². The van der Waals surface area contributed by atoms with Crippen LogP contribution in [-0.2, 0) is 4.74 Å². The largest absolute Gasteiger partial charge is 0.464 e. The van der Waals surface area contributed by atoms with Crippen LogP contribution in [-0.4, -0.2) is 18.1 Å². The quantitative estimate of drug-likeness (QED) is 0.642. The number of esters is 1. The molecule has 0 bridgehead atoms. The molecule has 0 radical (unpaired) electrons. The predicted molar refractivity (Wildman–Crippen MR) is 67.4 cm³/mol. The number of benzene rings is 1. The molecule has 2 aromatic rings. The second-order valence-corrected chi connectivity index (χ2v) is 4.51. The molecule has 0 unspecified atom stereocenters. The van der Waals surface area contributed by atoms with E-state index in [-0.39, 0.29) is 5.97 Å². The number of H-pyrrole nitrogens is 1. The second kappa shape index (κ2) is 4.02. The van der Waals surface area contributed by atoms with E-state index in [1.165, 1.54) is 7.11 Å². The molecule has 3 nitrogen and oxygen atoms in total. The van der Waals surface area contributed by atoms with Gasteiger partial charge in [-0.25, -0.2) is 4.79 Å². The Labute approximate surface area is 105 Å². The minimum atomic E-state index is -0.369. The van der Waals surface area contributed by atoms with E-state index in [2.05, 4.69) is 32.3 Å². The van der Waals surface area contributed by atoms with Gasteiger partial charge in [0.05, 0.1) is 10.7 Å². The fourth-order valence-electron chi connectivity index (χ4n) is 1.37. The van der Waals surface area contributed by atoms with Crippen molar-refractivity contribution in [2.75, 3.05) is 7.11 Å². The summed E-state index contributed by atoms with van der Waals surface area (Å²) >= 11 is 7.98. The number of hydrogen-bond acceptors (Lipinski definition) is 2. The van der Waals surface area contributed by atoms with Crippen molar-refractivity contribution in [1.82, 2.24) is 4.98 Å². The molecule has 1 aromatic carbocycles. The van der Waals surface area contributed by atoms with Crippen LogP contribution < -0.4 is 0 Å². The van der Waals surface area contributed by atoms with Gasteiger partial charge in [-0.05, 0) is 40.8 Å². The normalized spacial score (nSPS) is 10.6. The number of methoxy groups -OCH3 is 1. The topological polar surface area (TPSA) is 42.1 Å². The van der Waals surface area contributed by atoms with E-state index in [1.807, 2.05) is 12.1 Å². The summed E-state index contributed by atoms with van der Waals surface area (Å²) in [6, 6.07) is 5.44. The average Bonchev–Trinajstić information content (AvgIpc) is 2.55. The van der Waals surface area contributed by atoms with Gasteiger partial charge in [-0.3, -0.25) is 0 Å². The first-order valence-corrected chi connectivity index (χ1v) is 5.64. The number of carbonyl (C=O) groups excluding carboxylic acids is 1. The summed E-state index contributed by atoms with van der Waals surface area (Å²) in [7, 11) is 1.36. The van der Waals surface area contributed by atoms with Crippen molar-refractivity contribution < 1.29 is 9.53 Å². The van der Waals surface area contributed by atoms with Crippen LogP contribution in [0.2, 0.25) is 5.02 Å². The maximum absolute atomic E-state index is 11.4. The zero-order chi connectivity index (χ0) is 11.0. The maximum atomic E-state index is 11.4. The van der Waals surface area contributed by atoms with Gasteiger partial charge in [-0.15, -0.1) is 0 Å². The summed E-state index contributed by atoms with van der Waals surface area (Å²) in [4.78, 5) is 14.4.